The van der Waals surface area contributed by atoms with Gasteiger partial charge in [-0.15, -0.1) is 0 Å². The summed E-state index contributed by atoms with van der Waals surface area (Å²) in [6, 6.07) is 10.6. The first-order valence-corrected chi connectivity index (χ1v) is 8.02. The van der Waals surface area contributed by atoms with Gasteiger partial charge in [0.2, 0.25) is 0 Å². The molecule has 0 saturated carbocycles. The van der Waals surface area contributed by atoms with Crippen LogP contribution in [-0.4, -0.2) is 24.8 Å². The molecule has 0 aliphatic rings. The first kappa shape index (κ1) is 18.4. The number of hydrogen-bond acceptors (Lipinski definition) is 4. The van der Waals surface area contributed by atoms with Crippen molar-refractivity contribution in [2.24, 2.45) is 5.10 Å². The normalized spacial score (nSPS) is 10.9. The van der Waals surface area contributed by atoms with E-state index in [0.717, 1.165) is 5.56 Å². The number of nitrogens with one attached hydrogen (secondary N) is 1. The summed E-state index contributed by atoms with van der Waals surface area (Å²) in [6.07, 6.45) is 1.54. The Hall–Kier alpha value is -2.89. The third-order valence-electron chi connectivity index (χ3n) is 3.12. The van der Waals surface area contributed by atoms with Crippen LogP contribution in [0.5, 0.6) is 11.5 Å². The molecule has 0 spiro atoms. The molecule has 0 unspecified atom stereocenters. The van der Waals surface area contributed by atoms with Crippen molar-refractivity contribution in [3.8, 4) is 11.5 Å². The van der Waals surface area contributed by atoms with Crippen LogP contribution in [0.4, 0.5) is 4.39 Å². The molecule has 0 heterocycles. The number of halogens is 1. The molecule has 5 nitrogen and oxygen atoms in total. The maximum atomic E-state index is 12.9. The second kappa shape index (κ2) is 8.82. The van der Waals surface area contributed by atoms with E-state index in [1.807, 2.05) is 26.8 Å². The van der Waals surface area contributed by atoms with Gasteiger partial charge in [-0.1, -0.05) is 0 Å². The molecule has 25 heavy (non-hydrogen) atoms. The van der Waals surface area contributed by atoms with Gasteiger partial charge in [0.05, 0.1) is 18.9 Å². The minimum Gasteiger partial charge on any atom is -0.490 e. The molecule has 0 aliphatic carbocycles. The van der Waals surface area contributed by atoms with Gasteiger partial charge in [-0.3, -0.25) is 4.79 Å². The zero-order valence-corrected chi connectivity index (χ0v) is 14.5. The fourth-order valence-electron chi connectivity index (χ4n) is 2.06. The van der Waals surface area contributed by atoms with E-state index in [4.69, 9.17) is 9.47 Å². The van der Waals surface area contributed by atoms with Crippen molar-refractivity contribution in [1.29, 1.82) is 0 Å². The van der Waals surface area contributed by atoms with Crippen molar-refractivity contribution < 1.29 is 18.7 Å². The number of benzene rings is 2. The Balaban J connectivity index is 2.05. The predicted molar refractivity (Wildman–Crippen MR) is 94.8 cm³/mol. The molecule has 1 amide bonds. The number of rotatable bonds is 7. The van der Waals surface area contributed by atoms with E-state index >= 15 is 0 Å². The average Bonchev–Trinajstić information content (AvgIpc) is 2.57. The van der Waals surface area contributed by atoms with E-state index in [9.17, 15) is 9.18 Å². The fraction of sp³-hybridized carbons (Fsp3) is 0.263. The van der Waals surface area contributed by atoms with Crippen LogP contribution < -0.4 is 14.9 Å². The lowest BCUT2D eigenvalue weighted by Gasteiger charge is -2.14. The summed E-state index contributed by atoms with van der Waals surface area (Å²) in [5, 5.41) is 3.92. The molecule has 2 aromatic carbocycles. The molecule has 0 fully saturated rings. The lowest BCUT2D eigenvalue weighted by molar-refractivity contribution is 0.0955. The maximum Gasteiger partial charge on any atom is 0.271 e. The monoisotopic (exact) mass is 344 g/mol. The molecule has 0 aliphatic heterocycles. The van der Waals surface area contributed by atoms with Crippen molar-refractivity contribution in [3.05, 3.63) is 59.4 Å². The Morgan fingerprint density at radius 3 is 2.56 bits per heavy atom. The first-order valence-electron chi connectivity index (χ1n) is 8.02. The summed E-state index contributed by atoms with van der Waals surface area (Å²) in [4.78, 5) is 11.9. The van der Waals surface area contributed by atoms with Crippen molar-refractivity contribution in [1.82, 2.24) is 5.43 Å². The summed E-state index contributed by atoms with van der Waals surface area (Å²) in [5.41, 5.74) is 3.48. The van der Waals surface area contributed by atoms with Gasteiger partial charge in [0.15, 0.2) is 11.5 Å². The molecule has 1 N–H and O–H groups in total. The van der Waals surface area contributed by atoms with E-state index in [1.54, 1.807) is 12.1 Å². The lowest BCUT2D eigenvalue weighted by atomic mass is 10.2. The van der Waals surface area contributed by atoms with Gasteiger partial charge in [-0.05, 0) is 68.8 Å². The van der Waals surface area contributed by atoms with Gasteiger partial charge in [0.1, 0.15) is 5.82 Å². The molecule has 0 bridgehead atoms. The van der Waals surface area contributed by atoms with Gasteiger partial charge >= 0.3 is 0 Å². The van der Waals surface area contributed by atoms with Gasteiger partial charge < -0.3 is 9.47 Å². The van der Waals surface area contributed by atoms with Crippen molar-refractivity contribution >= 4 is 12.1 Å². The number of carbonyl (C=O) groups excluding carboxylic acids is 1. The summed E-state index contributed by atoms with van der Waals surface area (Å²) in [6.45, 7) is 6.28. The van der Waals surface area contributed by atoms with Crippen LogP contribution in [0.15, 0.2) is 47.6 Å². The second-order valence-electron chi connectivity index (χ2n) is 5.51. The summed E-state index contributed by atoms with van der Waals surface area (Å²) in [7, 11) is 0. The van der Waals surface area contributed by atoms with Crippen LogP contribution in [0.3, 0.4) is 0 Å². The van der Waals surface area contributed by atoms with Crippen LogP contribution >= 0.6 is 0 Å². The molecule has 0 atom stereocenters. The van der Waals surface area contributed by atoms with Crippen LogP contribution in [0.1, 0.15) is 36.7 Å². The third kappa shape index (κ3) is 5.60. The Morgan fingerprint density at radius 2 is 1.92 bits per heavy atom. The lowest BCUT2D eigenvalue weighted by Crippen LogP contribution is -2.17. The molecule has 132 valence electrons. The van der Waals surface area contributed by atoms with Crippen LogP contribution in [0.25, 0.3) is 0 Å². The van der Waals surface area contributed by atoms with Crippen molar-refractivity contribution in [2.75, 3.05) is 6.61 Å². The highest BCUT2D eigenvalue weighted by Gasteiger charge is 2.08. The molecule has 0 aromatic heterocycles. The summed E-state index contributed by atoms with van der Waals surface area (Å²) < 4.78 is 24.1. The zero-order chi connectivity index (χ0) is 18.2. The van der Waals surface area contributed by atoms with E-state index < -0.39 is 11.7 Å². The van der Waals surface area contributed by atoms with Gasteiger partial charge in [0.25, 0.3) is 5.91 Å². The number of hydrogen-bond donors (Lipinski definition) is 1. The largest absolute Gasteiger partial charge is 0.490 e. The second-order valence-corrected chi connectivity index (χ2v) is 5.51. The zero-order valence-electron chi connectivity index (χ0n) is 14.5. The Bertz CT molecular complexity index is 743. The number of nitrogens with zero attached hydrogens (tertiary/aromatic N) is 1. The van der Waals surface area contributed by atoms with Gasteiger partial charge in [-0.2, -0.15) is 5.10 Å². The quantitative estimate of drug-likeness (QED) is 0.614. The van der Waals surface area contributed by atoms with Crippen molar-refractivity contribution in [2.45, 2.75) is 26.9 Å². The highest BCUT2D eigenvalue weighted by Crippen LogP contribution is 2.28. The fourth-order valence-corrected chi connectivity index (χ4v) is 2.06. The molecule has 0 saturated heterocycles. The molecular formula is C19H21FN2O3. The van der Waals surface area contributed by atoms with Crippen molar-refractivity contribution in [3.63, 3.8) is 0 Å². The predicted octanol–water partition coefficient (Wildman–Crippen LogP) is 3.78. The van der Waals surface area contributed by atoms with Crippen LogP contribution in [0, 0.1) is 5.82 Å². The Kier molecular flexibility index (Phi) is 6.51. The topological polar surface area (TPSA) is 59.9 Å². The van der Waals surface area contributed by atoms with Crippen LogP contribution in [0.2, 0.25) is 0 Å². The summed E-state index contributed by atoms with van der Waals surface area (Å²) in [5.74, 6) is 0.461. The molecule has 6 heteroatoms. The minimum atomic E-state index is -0.416. The smallest absolute Gasteiger partial charge is 0.271 e. The minimum absolute atomic E-state index is 0.0359. The standard InChI is InChI=1S/C19H21FN2O3/c1-4-24-18-11-14(5-10-17(18)25-13(2)3)12-21-22-19(23)15-6-8-16(20)9-7-15/h5-13H,4H2,1-3H3,(H,22,23)/b21-12-. The van der Waals surface area contributed by atoms with Gasteiger partial charge in [0, 0.05) is 5.56 Å². The average molecular weight is 344 g/mol. The van der Waals surface area contributed by atoms with E-state index in [1.165, 1.54) is 30.5 Å². The Labute approximate surface area is 146 Å². The molecule has 0 radical (unpaired) electrons. The SMILES string of the molecule is CCOc1cc(/C=N\NC(=O)c2ccc(F)cc2)ccc1OC(C)C. The number of ether oxygens (including phenoxy) is 2. The van der Waals surface area contributed by atoms with E-state index in [0.29, 0.717) is 23.7 Å². The Morgan fingerprint density at radius 1 is 1.20 bits per heavy atom. The maximum absolute atomic E-state index is 12.9. The molecule has 2 rings (SSSR count). The highest BCUT2D eigenvalue weighted by molar-refractivity contribution is 5.94. The summed E-state index contributed by atoms with van der Waals surface area (Å²) >= 11 is 0. The number of carbonyl (C=O) groups is 1. The molecular weight excluding hydrogens is 323 g/mol. The first-order chi connectivity index (χ1) is 12.0. The van der Waals surface area contributed by atoms with E-state index in [2.05, 4.69) is 10.5 Å². The van der Waals surface area contributed by atoms with Gasteiger partial charge in [-0.25, -0.2) is 9.82 Å². The number of hydrazone groups is 1. The molecule has 2 aromatic rings. The van der Waals surface area contributed by atoms with Crippen LogP contribution in [-0.2, 0) is 0 Å². The number of amides is 1. The third-order valence-corrected chi connectivity index (χ3v) is 3.12. The highest BCUT2D eigenvalue weighted by atomic mass is 19.1. The van der Waals surface area contributed by atoms with E-state index in [-0.39, 0.29) is 6.10 Å².